The second-order valence-corrected chi connectivity index (χ2v) is 6.04. The fourth-order valence-electron chi connectivity index (χ4n) is 2.75. The second-order valence-electron chi connectivity index (χ2n) is 6.04. The van der Waals surface area contributed by atoms with E-state index in [4.69, 9.17) is 4.74 Å². The van der Waals surface area contributed by atoms with E-state index in [-0.39, 0.29) is 0 Å². The number of benzene rings is 1. The minimum atomic E-state index is 0.733. The van der Waals surface area contributed by atoms with Gasteiger partial charge in [0.25, 0.3) is 0 Å². The number of anilines is 1. The van der Waals surface area contributed by atoms with E-state index in [1.165, 1.54) is 70.1 Å². The maximum Gasteiger partial charge on any atom is 0.119 e. The van der Waals surface area contributed by atoms with Crippen LogP contribution in [0.15, 0.2) is 24.3 Å². The fourth-order valence-corrected chi connectivity index (χ4v) is 2.75. The van der Waals surface area contributed by atoms with E-state index in [9.17, 15) is 0 Å². The summed E-state index contributed by atoms with van der Waals surface area (Å²) >= 11 is 0. The number of rotatable bonds is 13. The molecule has 0 heterocycles. The molecular formula is C20H35NO. The van der Waals surface area contributed by atoms with Crippen molar-refractivity contribution in [2.75, 3.05) is 24.6 Å². The van der Waals surface area contributed by atoms with E-state index in [1.54, 1.807) is 0 Å². The lowest BCUT2D eigenvalue weighted by molar-refractivity contribution is 0.340. The molecule has 0 saturated heterocycles. The van der Waals surface area contributed by atoms with Crippen LogP contribution in [0, 0.1) is 0 Å². The van der Waals surface area contributed by atoms with Crippen LogP contribution >= 0.6 is 0 Å². The van der Waals surface area contributed by atoms with E-state index in [1.807, 2.05) is 6.92 Å². The van der Waals surface area contributed by atoms with Crippen LogP contribution in [0.1, 0.15) is 72.1 Å². The fraction of sp³-hybridized carbons (Fsp3) is 0.700. The van der Waals surface area contributed by atoms with Crippen molar-refractivity contribution >= 4 is 5.69 Å². The Bertz CT molecular complexity index is 348. The van der Waals surface area contributed by atoms with Gasteiger partial charge in [-0.2, -0.15) is 0 Å². The van der Waals surface area contributed by atoms with Gasteiger partial charge >= 0.3 is 0 Å². The van der Waals surface area contributed by atoms with Crippen LogP contribution in [0.4, 0.5) is 5.69 Å². The first-order valence-corrected chi connectivity index (χ1v) is 9.29. The molecular weight excluding hydrogens is 270 g/mol. The van der Waals surface area contributed by atoms with Crippen molar-refractivity contribution in [3.63, 3.8) is 0 Å². The Morgan fingerprint density at radius 1 is 0.727 bits per heavy atom. The van der Waals surface area contributed by atoms with E-state index in [0.717, 1.165) is 12.4 Å². The topological polar surface area (TPSA) is 12.5 Å². The number of hydrogen-bond donors (Lipinski definition) is 0. The summed E-state index contributed by atoms with van der Waals surface area (Å²) in [5, 5.41) is 0. The molecule has 126 valence electrons. The third kappa shape index (κ3) is 7.72. The normalized spacial score (nSPS) is 10.7. The van der Waals surface area contributed by atoms with Gasteiger partial charge in [-0.05, 0) is 44.0 Å². The van der Waals surface area contributed by atoms with Crippen molar-refractivity contribution in [1.82, 2.24) is 0 Å². The highest BCUT2D eigenvalue weighted by Gasteiger charge is 2.06. The van der Waals surface area contributed by atoms with Crippen LogP contribution in [0.2, 0.25) is 0 Å². The van der Waals surface area contributed by atoms with Crippen molar-refractivity contribution in [1.29, 1.82) is 0 Å². The van der Waals surface area contributed by atoms with Crippen LogP contribution in [0.3, 0.4) is 0 Å². The van der Waals surface area contributed by atoms with Crippen molar-refractivity contribution in [3.05, 3.63) is 24.3 Å². The Hall–Kier alpha value is -1.18. The molecule has 2 heteroatoms. The van der Waals surface area contributed by atoms with Gasteiger partial charge in [0.15, 0.2) is 0 Å². The van der Waals surface area contributed by atoms with Crippen molar-refractivity contribution in [3.8, 4) is 5.75 Å². The maximum atomic E-state index is 5.55. The summed E-state index contributed by atoms with van der Waals surface area (Å²) in [5.74, 6) is 0.975. The van der Waals surface area contributed by atoms with Crippen molar-refractivity contribution in [2.24, 2.45) is 0 Å². The number of unbranched alkanes of at least 4 members (excludes halogenated alkanes) is 6. The molecule has 0 bridgehead atoms. The zero-order valence-electron chi connectivity index (χ0n) is 14.9. The highest BCUT2D eigenvalue weighted by Crippen LogP contribution is 2.21. The molecule has 2 nitrogen and oxygen atoms in total. The highest BCUT2D eigenvalue weighted by molar-refractivity contribution is 5.49. The number of nitrogens with zero attached hydrogens (tertiary/aromatic N) is 1. The van der Waals surface area contributed by atoms with Crippen LogP contribution in [-0.2, 0) is 0 Å². The maximum absolute atomic E-state index is 5.55. The van der Waals surface area contributed by atoms with Crippen LogP contribution in [0.5, 0.6) is 5.75 Å². The van der Waals surface area contributed by atoms with Gasteiger partial charge in [-0.1, -0.05) is 52.4 Å². The molecule has 0 unspecified atom stereocenters. The van der Waals surface area contributed by atoms with E-state index >= 15 is 0 Å². The molecule has 1 rings (SSSR count). The van der Waals surface area contributed by atoms with E-state index in [0.29, 0.717) is 0 Å². The molecule has 0 radical (unpaired) electrons. The summed E-state index contributed by atoms with van der Waals surface area (Å²) in [5.41, 5.74) is 1.34. The van der Waals surface area contributed by atoms with Gasteiger partial charge in [-0.15, -0.1) is 0 Å². The van der Waals surface area contributed by atoms with Crippen LogP contribution < -0.4 is 9.64 Å². The molecule has 22 heavy (non-hydrogen) atoms. The SMILES string of the molecule is CCCCCCN(CCCCCC)c1ccc(OCC)cc1. The summed E-state index contributed by atoms with van der Waals surface area (Å²) in [6, 6.07) is 8.63. The summed E-state index contributed by atoms with van der Waals surface area (Å²) in [6.45, 7) is 9.67. The van der Waals surface area contributed by atoms with Crippen LogP contribution in [0.25, 0.3) is 0 Å². The molecule has 0 aromatic heterocycles. The highest BCUT2D eigenvalue weighted by atomic mass is 16.5. The first-order valence-electron chi connectivity index (χ1n) is 9.29. The zero-order valence-corrected chi connectivity index (χ0v) is 14.9. The molecule has 0 N–H and O–H groups in total. The monoisotopic (exact) mass is 305 g/mol. The zero-order chi connectivity index (χ0) is 16.0. The largest absolute Gasteiger partial charge is 0.494 e. The molecule has 1 aromatic rings. The van der Waals surface area contributed by atoms with Gasteiger partial charge in [0.1, 0.15) is 5.75 Å². The third-order valence-corrected chi connectivity index (χ3v) is 4.08. The van der Waals surface area contributed by atoms with E-state index in [2.05, 4.69) is 43.0 Å². The quantitative estimate of drug-likeness (QED) is 0.411. The van der Waals surface area contributed by atoms with Crippen LogP contribution in [-0.4, -0.2) is 19.7 Å². The molecule has 0 spiro atoms. The average molecular weight is 306 g/mol. The molecule has 0 aliphatic rings. The summed E-state index contributed by atoms with van der Waals surface area (Å²) in [7, 11) is 0. The summed E-state index contributed by atoms with van der Waals surface area (Å²) < 4.78 is 5.55. The predicted octanol–water partition coefficient (Wildman–Crippen LogP) is 6.05. The van der Waals surface area contributed by atoms with Gasteiger partial charge < -0.3 is 9.64 Å². The van der Waals surface area contributed by atoms with Crippen molar-refractivity contribution in [2.45, 2.75) is 72.1 Å². The first-order chi connectivity index (χ1) is 10.8. The molecule has 0 aliphatic heterocycles. The molecule has 0 saturated carbocycles. The Kier molecular flexibility index (Phi) is 10.6. The summed E-state index contributed by atoms with van der Waals surface area (Å²) in [4.78, 5) is 2.56. The minimum absolute atomic E-state index is 0.733. The molecule has 0 atom stereocenters. The lowest BCUT2D eigenvalue weighted by Crippen LogP contribution is -2.25. The Morgan fingerprint density at radius 3 is 1.73 bits per heavy atom. The molecule has 0 fully saturated rings. The van der Waals surface area contributed by atoms with E-state index < -0.39 is 0 Å². The first kappa shape index (κ1) is 18.9. The Morgan fingerprint density at radius 2 is 1.27 bits per heavy atom. The molecule has 0 aliphatic carbocycles. The lowest BCUT2D eigenvalue weighted by atomic mass is 10.1. The van der Waals surface area contributed by atoms with Gasteiger partial charge in [-0.25, -0.2) is 0 Å². The molecule has 0 amide bonds. The van der Waals surface area contributed by atoms with Gasteiger partial charge in [0.05, 0.1) is 6.61 Å². The second kappa shape index (κ2) is 12.4. The third-order valence-electron chi connectivity index (χ3n) is 4.08. The standard InChI is InChI=1S/C20H35NO/c1-4-7-9-11-17-21(18-12-10-8-5-2)19-13-15-20(16-14-19)22-6-3/h13-16H,4-12,17-18H2,1-3H3. The lowest BCUT2D eigenvalue weighted by Gasteiger charge is -2.25. The predicted molar refractivity (Wildman–Crippen MR) is 98.1 cm³/mol. The number of ether oxygens (including phenoxy) is 1. The smallest absolute Gasteiger partial charge is 0.119 e. The van der Waals surface area contributed by atoms with Gasteiger partial charge in [-0.3, -0.25) is 0 Å². The summed E-state index contributed by atoms with van der Waals surface area (Å²) in [6.07, 6.45) is 10.6. The number of hydrogen-bond acceptors (Lipinski definition) is 2. The van der Waals surface area contributed by atoms with Gasteiger partial charge in [0.2, 0.25) is 0 Å². The minimum Gasteiger partial charge on any atom is -0.494 e. The Labute approximate surface area is 137 Å². The molecule has 1 aromatic carbocycles. The van der Waals surface area contributed by atoms with Crippen molar-refractivity contribution < 1.29 is 4.74 Å². The van der Waals surface area contributed by atoms with Gasteiger partial charge in [0, 0.05) is 18.8 Å². The average Bonchev–Trinajstić information content (AvgIpc) is 2.55. The Balaban J connectivity index is 2.53.